The Kier molecular flexibility index (Phi) is 4.71. The van der Waals surface area contributed by atoms with Crippen LogP contribution in [0, 0.1) is 5.92 Å². The molecular weight excluding hydrogens is 176 g/mol. The van der Waals surface area contributed by atoms with Crippen molar-refractivity contribution in [2.75, 3.05) is 0 Å². The van der Waals surface area contributed by atoms with Crippen LogP contribution in [0.5, 0.6) is 0 Å². The zero-order valence-electron chi connectivity index (χ0n) is 9.00. The van der Waals surface area contributed by atoms with Gasteiger partial charge in [0.15, 0.2) is 0 Å². The van der Waals surface area contributed by atoms with Gasteiger partial charge in [-0.3, -0.25) is 4.79 Å². The van der Waals surface area contributed by atoms with E-state index in [1.807, 2.05) is 6.92 Å². The summed E-state index contributed by atoms with van der Waals surface area (Å²) < 4.78 is 5.42. The van der Waals surface area contributed by atoms with Crippen molar-refractivity contribution in [3.05, 3.63) is 12.7 Å². The van der Waals surface area contributed by atoms with Crippen LogP contribution in [0.2, 0.25) is 0 Å². The van der Waals surface area contributed by atoms with Crippen LogP contribution >= 0.6 is 0 Å². The Bertz CT molecular complexity index is 192. The summed E-state index contributed by atoms with van der Waals surface area (Å²) in [6, 6.07) is 0. The molecule has 1 aliphatic rings. The second-order valence-electron chi connectivity index (χ2n) is 4.12. The van der Waals surface area contributed by atoms with Gasteiger partial charge in [-0.25, -0.2) is 0 Å². The average Bonchev–Trinajstić information content (AvgIpc) is 2.19. The van der Waals surface area contributed by atoms with E-state index in [0.29, 0.717) is 6.42 Å². The number of hydrogen-bond acceptors (Lipinski definition) is 2. The fraction of sp³-hybridized carbons (Fsp3) is 0.750. The second kappa shape index (κ2) is 5.84. The standard InChI is InChI=1S/C12H20O2/c1-3-7-10(2)12(13)14-11-8-5-4-6-9-11/h3,10-11H,1,4-9H2,2H3. The van der Waals surface area contributed by atoms with Crippen LogP contribution in [0.4, 0.5) is 0 Å². The van der Waals surface area contributed by atoms with Gasteiger partial charge >= 0.3 is 5.97 Å². The summed E-state index contributed by atoms with van der Waals surface area (Å²) in [7, 11) is 0. The Hall–Kier alpha value is -0.790. The maximum absolute atomic E-state index is 11.5. The number of carbonyl (C=O) groups excluding carboxylic acids is 1. The zero-order valence-corrected chi connectivity index (χ0v) is 9.00. The van der Waals surface area contributed by atoms with E-state index in [1.54, 1.807) is 6.08 Å². The van der Waals surface area contributed by atoms with Crippen molar-refractivity contribution in [1.82, 2.24) is 0 Å². The molecule has 0 amide bonds. The van der Waals surface area contributed by atoms with Crippen molar-refractivity contribution in [1.29, 1.82) is 0 Å². The molecule has 0 aliphatic heterocycles. The Morgan fingerprint density at radius 1 is 1.50 bits per heavy atom. The fourth-order valence-electron chi connectivity index (χ4n) is 1.81. The molecule has 0 radical (unpaired) electrons. The van der Waals surface area contributed by atoms with Crippen molar-refractivity contribution in [2.24, 2.45) is 5.92 Å². The first kappa shape index (κ1) is 11.3. The van der Waals surface area contributed by atoms with Gasteiger partial charge in [-0.2, -0.15) is 0 Å². The summed E-state index contributed by atoms with van der Waals surface area (Å²) in [5.74, 6) is -0.0915. The maximum Gasteiger partial charge on any atom is 0.309 e. The van der Waals surface area contributed by atoms with Crippen molar-refractivity contribution < 1.29 is 9.53 Å². The van der Waals surface area contributed by atoms with E-state index in [2.05, 4.69) is 6.58 Å². The molecule has 1 aliphatic carbocycles. The summed E-state index contributed by atoms with van der Waals surface area (Å²) in [5.41, 5.74) is 0. The van der Waals surface area contributed by atoms with Crippen molar-refractivity contribution >= 4 is 5.97 Å². The first-order valence-corrected chi connectivity index (χ1v) is 5.55. The highest BCUT2D eigenvalue weighted by Crippen LogP contribution is 2.21. The topological polar surface area (TPSA) is 26.3 Å². The normalized spacial score (nSPS) is 20.1. The van der Waals surface area contributed by atoms with Gasteiger partial charge in [-0.15, -0.1) is 6.58 Å². The molecule has 1 atom stereocenters. The lowest BCUT2D eigenvalue weighted by Crippen LogP contribution is -2.24. The summed E-state index contributed by atoms with van der Waals surface area (Å²) in [6.45, 7) is 5.52. The molecule has 2 heteroatoms. The third-order valence-corrected chi connectivity index (χ3v) is 2.76. The molecule has 0 spiro atoms. The Morgan fingerprint density at radius 3 is 2.71 bits per heavy atom. The van der Waals surface area contributed by atoms with Crippen LogP contribution in [0.15, 0.2) is 12.7 Å². The molecule has 2 nitrogen and oxygen atoms in total. The van der Waals surface area contributed by atoms with Gasteiger partial charge in [-0.05, 0) is 32.1 Å². The molecule has 0 heterocycles. The third kappa shape index (κ3) is 3.52. The lowest BCUT2D eigenvalue weighted by atomic mass is 9.97. The lowest BCUT2D eigenvalue weighted by Gasteiger charge is -2.23. The summed E-state index contributed by atoms with van der Waals surface area (Å²) in [4.78, 5) is 11.5. The molecule has 0 bridgehead atoms. The van der Waals surface area contributed by atoms with Gasteiger partial charge in [0.1, 0.15) is 6.10 Å². The molecule has 0 saturated heterocycles. The molecular formula is C12H20O2. The average molecular weight is 196 g/mol. The van der Waals surface area contributed by atoms with Gasteiger partial charge in [0.2, 0.25) is 0 Å². The number of ether oxygens (including phenoxy) is 1. The highest BCUT2D eigenvalue weighted by atomic mass is 16.5. The van der Waals surface area contributed by atoms with Crippen LogP contribution in [-0.4, -0.2) is 12.1 Å². The fourth-order valence-corrected chi connectivity index (χ4v) is 1.81. The van der Waals surface area contributed by atoms with E-state index >= 15 is 0 Å². The van der Waals surface area contributed by atoms with Gasteiger partial charge in [-0.1, -0.05) is 19.4 Å². The maximum atomic E-state index is 11.5. The highest BCUT2D eigenvalue weighted by molar-refractivity contribution is 5.72. The monoisotopic (exact) mass is 196 g/mol. The van der Waals surface area contributed by atoms with Gasteiger partial charge in [0, 0.05) is 0 Å². The molecule has 14 heavy (non-hydrogen) atoms. The van der Waals surface area contributed by atoms with Crippen LogP contribution in [0.25, 0.3) is 0 Å². The lowest BCUT2D eigenvalue weighted by molar-refractivity contribution is -0.154. The highest BCUT2D eigenvalue weighted by Gasteiger charge is 2.20. The number of esters is 1. The van der Waals surface area contributed by atoms with Crippen molar-refractivity contribution in [3.8, 4) is 0 Å². The minimum atomic E-state index is -0.0585. The predicted octanol–water partition coefficient (Wildman–Crippen LogP) is 3.07. The Morgan fingerprint density at radius 2 is 2.14 bits per heavy atom. The van der Waals surface area contributed by atoms with E-state index in [1.165, 1.54) is 19.3 Å². The molecule has 1 unspecified atom stereocenters. The molecule has 1 saturated carbocycles. The number of allylic oxidation sites excluding steroid dienone is 1. The predicted molar refractivity (Wildman–Crippen MR) is 56.9 cm³/mol. The van der Waals surface area contributed by atoms with E-state index < -0.39 is 0 Å². The summed E-state index contributed by atoms with van der Waals surface area (Å²) >= 11 is 0. The van der Waals surface area contributed by atoms with E-state index in [4.69, 9.17) is 4.74 Å². The van der Waals surface area contributed by atoms with E-state index in [0.717, 1.165) is 12.8 Å². The summed E-state index contributed by atoms with van der Waals surface area (Å²) in [5, 5.41) is 0. The number of rotatable bonds is 4. The van der Waals surface area contributed by atoms with Gasteiger partial charge in [0.25, 0.3) is 0 Å². The van der Waals surface area contributed by atoms with Crippen LogP contribution in [-0.2, 0) is 9.53 Å². The molecule has 1 rings (SSSR count). The van der Waals surface area contributed by atoms with Crippen molar-refractivity contribution in [3.63, 3.8) is 0 Å². The Balaban J connectivity index is 2.27. The molecule has 0 aromatic rings. The largest absolute Gasteiger partial charge is 0.462 e. The smallest absolute Gasteiger partial charge is 0.309 e. The first-order valence-electron chi connectivity index (χ1n) is 5.55. The Labute approximate surface area is 86.3 Å². The second-order valence-corrected chi connectivity index (χ2v) is 4.12. The minimum Gasteiger partial charge on any atom is -0.462 e. The van der Waals surface area contributed by atoms with E-state index in [9.17, 15) is 4.79 Å². The molecule has 80 valence electrons. The van der Waals surface area contributed by atoms with Crippen LogP contribution < -0.4 is 0 Å². The number of carbonyl (C=O) groups is 1. The zero-order chi connectivity index (χ0) is 10.4. The molecule has 0 aromatic carbocycles. The molecule has 0 N–H and O–H groups in total. The van der Waals surface area contributed by atoms with Gasteiger partial charge in [0.05, 0.1) is 5.92 Å². The third-order valence-electron chi connectivity index (χ3n) is 2.76. The number of hydrogen-bond donors (Lipinski definition) is 0. The SMILES string of the molecule is C=CCC(C)C(=O)OC1CCCCC1. The minimum absolute atomic E-state index is 0.0329. The van der Waals surface area contributed by atoms with Crippen LogP contribution in [0.3, 0.4) is 0 Å². The molecule has 0 aromatic heterocycles. The van der Waals surface area contributed by atoms with Gasteiger partial charge < -0.3 is 4.74 Å². The van der Waals surface area contributed by atoms with Crippen molar-refractivity contribution in [2.45, 2.75) is 51.6 Å². The first-order chi connectivity index (χ1) is 6.74. The quantitative estimate of drug-likeness (QED) is 0.510. The van der Waals surface area contributed by atoms with Crippen LogP contribution in [0.1, 0.15) is 45.4 Å². The van der Waals surface area contributed by atoms with E-state index in [-0.39, 0.29) is 18.0 Å². The summed E-state index contributed by atoms with van der Waals surface area (Å²) in [6.07, 6.45) is 8.46. The molecule has 1 fully saturated rings.